The Kier molecular flexibility index (Phi) is 9.44. The summed E-state index contributed by atoms with van der Waals surface area (Å²) in [6.45, 7) is 2.71. The van der Waals surface area contributed by atoms with Crippen LogP contribution in [0.3, 0.4) is 0 Å². The predicted octanol–water partition coefficient (Wildman–Crippen LogP) is 3.05. The van der Waals surface area contributed by atoms with Crippen LogP contribution >= 0.6 is 11.6 Å². The number of benzene rings is 2. The van der Waals surface area contributed by atoms with E-state index in [0.29, 0.717) is 70.5 Å². The van der Waals surface area contributed by atoms with Gasteiger partial charge in [-0.2, -0.15) is 4.98 Å². The zero-order chi connectivity index (χ0) is 36.7. The molecular weight excluding hydrogens is 692 g/mol. The lowest BCUT2D eigenvalue weighted by Crippen LogP contribution is -2.52. The highest BCUT2D eigenvalue weighted by atomic mass is 35.5. The maximum atomic E-state index is 13.1. The molecule has 2 fully saturated rings. The van der Waals surface area contributed by atoms with E-state index in [1.165, 1.54) is 16.5 Å². The molecule has 2 saturated heterocycles. The number of carbonyl (C=O) groups excluding carboxylic acids is 4. The Labute approximate surface area is 303 Å². The lowest BCUT2D eigenvalue weighted by atomic mass is 10.0. The van der Waals surface area contributed by atoms with Gasteiger partial charge in [-0.3, -0.25) is 29.3 Å². The van der Waals surface area contributed by atoms with Crippen LogP contribution < -0.4 is 35.9 Å². The van der Waals surface area contributed by atoms with Gasteiger partial charge >= 0.3 is 0 Å². The summed E-state index contributed by atoms with van der Waals surface area (Å²) in [6, 6.07) is 11.8. The van der Waals surface area contributed by atoms with Crippen molar-refractivity contribution in [1.29, 1.82) is 0 Å². The Morgan fingerprint density at radius 3 is 2.67 bits per heavy atom. The van der Waals surface area contributed by atoms with Gasteiger partial charge < -0.3 is 34.5 Å². The second kappa shape index (κ2) is 14.1. The van der Waals surface area contributed by atoms with Crippen LogP contribution in [0.2, 0.25) is 5.02 Å². The first-order chi connectivity index (χ1) is 25.0. The molecule has 2 aromatic heterocycles. The molecule has 4 aromatic rings. The molecule has 3 aliphatic rings. The number of rotatable bonds is 9. The van der Waals surface area contributed by atoms with E-state index in [1.54, 1.807) is 37.5 Å². The summed E-state index contributed by atoms with van der Waals surface area (Å²) in [4.78, 5) is 74.5. The SMILES string of the molecule is CNC(=O)COc1cc2cc(Nc3nc(N4CC[C@H](Oc5ccc6c(c5)CN(C5CCC(=O)NC5=O)C6=O)C[C@H]4C)ncc3Cl)ccc2n(C)c1=O. The summed E-state index contributed by atoms with van der Waals surface area (Å²) < 4.78 is 13.3. The fourth-order valence-electron chi connectivity index (χ4n) is 6.92. The van der Waals surface area contributed by atoms with Gasteiger partial charge in [0.15, 0.2) is 18.2 Å². The van der Waals surface area contributed by atoms with Gasteiger partial charge in [0.05, 0.1) is 11.7 Å². The molecule has 0 spiro atoms. The lowest BCUT2D eigenvalue weighted by Gasteiger charge is -2.37. The minimum atomic E-state index is -0.669. The summed E-state index contributed by atoms with van der Waals surface area (Å²) in [5, 5.41) is 9.11. The van der Waals surface area contributed by atoms with E-state index in [4.69, 9.17) is 26.1 Å². The summed E-state index contributed by atoms with van der Waals surface area (Å²) >= 11 is 6.54. The number of amides is 4. The normalized spacial score (nSPS) is 20.1. The third kappa shape index (κ3) is 6.83. The predicted molar refractivity (Wildman–Crippen MR) is 192 cm³/mol. The van der Waals surface area contributed by atoms with Crippen LogP contribution in [-0.4, -0.2) is 81.5 Å². The average molecular weight is 729 g/mol. The van der Waals surface area contributed by atoms with Crippen molar-refractivity contribution in [2.45, 2.75) is 57.3 Å². The fourth-order valence-corrected chi connectivity index (χ4v) is 7.06. The fraction of sp³-hybridized carbons (Fsp3) is 0.361. The number of nitrogens with one attached hydrogen (secondary N) is 3. The second-order valence-corrected chi connectivity index (χ2v) is 13.5. The van der Waals surface area contributed by atoms with Crippen LogP contribution in [0.15, 0.2) is 53.5 Å². The maximum absolute atomic E-state index is 13.1. The molecule has 1 unspecified atom stereocenters. The van der Waals surface area contributed by atoms with Crippen molar-refractivity contribution in [3.63, 3.8) is 0 Å². The van der Waals surface area contributed by atoms with Gasteiger partial charge in [-0.05, 0) is 61.4 Å². The molecule has 5 heterocycles. The minimum absolute atomic E-state index is 0.0296. The number of hydrogen-bond acceptors (Lipinski definition) is 11. The number of ether oxygens (including phenoxy) is 2. The van der Waals surface area contributed by atoms with Crippen LogP contribution in [-0.2, 0) is 28.0 Å². The Bertz CT molecular complexity index is 2170. The van der Waals surface area contributed by atoms with Gasteiger partial charge in [0.2, 0.25) is 17.8 Å². The van der Waals surface area contributed by atoms with Crippen molar-refractivity contribution >= 4 is 63.6 Å². The van der Waals surface area contributed by atoms with Crippen LogP contribution in [0.25, 0.3) is 10.9 Å². The topological polar surface area (TPSA) is 177 Å². The van der Waals surface area contributed by atoms with Gasteiger partial charge in [0.25, 0.3) is 17.4 Å². The minimum Gasteiger partial charge on any atom is -0.490 e. The molecule has 3 N–H and O–H groups in total. The standard InChI is InChI=1S/C36H37ClN8O7/c1-19-12-24(52-23-5-6-25-21(14-23)17-45(34(25)49)28-8-9-30(46)41-33(28)48)10-11-44(19)36-39-16-26(37)32(42-36)40-22-4-7-27-20(13-22)15-29(35(50)43(27)3)51-18-31(47)38-2/h4-7,13-16,19,24,28H,8-12,17-18H2,1-3H3,(H,38,47)(H,39,40,42)(H,41,46,48)/t19-,24+,28?/m1/s1. The van der Waals surface area contributed by atoms with Gasteiger partial charge in [0.1, 0.15) is 22.9 Å². The van der Waals surface area contributed by atoms with Crippen molar-refractivity contribution in [2.24, 2.45) is 7.05 Å². The third-order valence-electron chi connectivity index (χ3n) is 9.71. The van der Waals surface area contributed by atoms with E-state index in [1.807, 2.05) is 18.2 Å². The van der Waals surface area contributed by atoms with E-state index in [0.717, 1.165) is 5.56 Å². The van der Waals surface area contributed by atoms with Crippen LogP contribution in [0.5, 0.6) is 11.5 Å². The zero-order valence-corrected chi connectivity index (χ0v) is 29.5. The molecule has 3 aliphatic heterocycles. The van der Waals surface area contributed by atoms with Crippen LogP contribution in [0.1, 0.15) is 48.5 Å². The van der Waals surface area contributed by atoms with Crippen molar-refractivity contribution in [2.75, 3.05) is 30.4 Å². The largest absolute Gasteiger partial charge is 0.490 e. The highest BCUT2D eigenvalue weighted by molar-refractivity contribution is 6.33. The van der Waals surface area contributed by atoms with E-state index in [9.17, 15) is 24.0 Å². The number of anilines is 3. The third-order valence-corrected chi connectivity index (χ3v) is 9.98. The highest BCUT2D eigenvalue weighted by Crippen LogP contribution is 2.33. The Hall–Kier alpha value is -5.70. The molecule has 4 amide bonds. The van der Waals surface area contributed by atoms with Gasteiger partial charge in [-0.15, -0.1) is 0 Å². The summed E-state index contributed by atoms with van der Waals surface area (Å²) in [7, 11) is 3.13. The number of carbonyl (C=O) groups is 4. The lowest BCUT2D eigenvalue weighted by molar-refractivity contribution is -0.137. The molecule has 270 valence electrons. The molecule has 3 atom stereocenters. The first kappa shape index (κ1) is 34.7. The summed E-state index contributed by atoms with van der Waals surface area (Å²) in [6.07, 6.45) is 3.38. The van der Waals surface area contributed by atoms with Crippen LogP contribution in [0.4, 0.5) is 17.5 Å². The molecule has 0 radical (unpaired) electrons. The molecule has 0 saturated carbocycles. The number of nitrogens with zero attached hydrogens (tertiary/aromatic N) is 5. The van der Waals surface area contributed by atoms with Gasteiger partial charge in [-0.25, -0.2) is 4.98 Å². The summed E-state index contributed by atoms with van der Waals surface area (Å²) in [5.41, 5.74) is 2.32. The number of piperidine rings is 2. The molecule has 16 heteroatoms. The number of imide groups is 1. The molecule has 7 rings (SSSR count). The smallest absolute Gasteiger partial charge is 0.293 e. The Morgan fingerprint density at radius 2 is 1.90 bits per heavy atom. The number of fused-ring (bicyclic) bond motifs is 2. The van der Waals surface area contributed by atoms with Crippen LogP contribution in [0, 0.1) is 0 Å². The average Bonchev–Trinajstić information content (AvgIpc) is 3.44. The van der Waals surface area contributed by atoms with Gasteiger partial charge in [-0.1, -0.05) is 11.6 Å². The Morgan fingerprint density at radius 1 is 1.08 bits per heavy atom. The van der Waals surface area contributed by atoms with E-state index < -0.39 is 11.9 Å². The quantitative estimate of drug-likeness (QED) is 0.216. The molecule has 52 heavy (non-hydrogen) atoms. The van der Waals surface area contributed by atoms with Crippen molar-refractivity contribution < 1.29 is 28.7 Å². The summed E-state index contributed by atoms with van der Waals surface area (Å²) in [5.74, 6) is 0.302. The van der Waals surface area contributed by atoms with Crippen molar-refractivity contribution in [3.8, 4) is 11.5 Å². The van der Waals surface area contributed by atoms with E-state index in [-0.39, 0.29) is 60.7 Å². The van der Waals surface area contributed by atoms with Gasteiger partial charge in [0, 0.05) is 69.1 Å². The molecule has 15 nitrogen and oxygen atoms in total. The first-order valence-electron chi connectivity index (χ1n) is 17.0. The molecule has 2 aromatic carbocycles. The second-order valence-electron chi connectivity index (χ2n) is 13.1. The monoisotopic (exact) mass is 728 g/mol. The van der Waals surface area contributed by atoms with E-state index >= 15 is 0 Å². The van der Waals surface area contributed by atoms with E-state index in [2.05, 4.69) is 32.8 Å². The number of halogens is 1. The maximum Gasteiger partial charge on any atom is 0.293 e. The number of hydrogen-bond donors (Lipinski definition) is 3. The number of pyridine rings is 1. The Balaban J connectivity index is 1.01. The highest BCUT2D eigenvalue weighted by Gasteiger charge is 2.39. The first-order valence-corrected chi connectivity index (χ1v) is 17.3. The number of aryl methyl sites for hydroxylation is 1. The number of likely N-dealkylation sites (N-methyl/N-ethyl adjacent to an activating group) is 1. The molecular formula is C36H37ClN8O7. The zero-order valence-electron chi connectivity index (χ0n) is 28.8. The number of aromatic nitrogens is 3. The molecule has 0 aliphatic carbocycles. The van der Waals surface area contributed by atoms with Crippen molar-refractivity contribution in [3.05, 3.63) is 75.2 Å². The molecule has 0 bridgehead atoms. The van der Waals surface area contributed by atoms with Crippen molar-refractivity contribution in [1.82, 2.24) is 30.1 Å².